The van der Waals surface area contributed by atoms with E-state index in [0.717, 1.165) is 3.92 Å². The van der Waals surface area contributed by atoms with Gasteiger partial charge in [0.25, 0.3) is 0 Å². The Labute approximate surface area is 74.4 Å². The summed E-state index contributed by atoms with van der Waals surface area (Å²) in [5.41, 5.74) is 3.00. The van der Waals surface area contributed by atoms with Crippen molar-refractivity contribution in [3.05, 3.63) is 23.5 Å². The minimum atomic E-state index is 0.862. The summed E-state index contributed by atoms with van der Waals surface area (Å²) in [7, 11) is 0. The molecule has 1 nitrogen and oxygen atoms in total. The van der Waals surface area contributed by atoms with E-state index in [9.17, 15) is 0 Å². The third-order valence-electron chi connectivity index (χ3n) is 2.08. The zero-order valence-electron chi connectivity index (χ0n) is 5.73. The zero-order chi connectivity index (χ0) is 6.97. The fourth-order valence-corrected chi connectivity index (χ4v) is 2.29. The van der Waals surface area contributed by atoms with E-state index in [1.165, 1.54) is 30.5 Å². The Balaban J connectivity index is 2.30. The molecule has 1 aromatic heterocycles. The van der Waals surface area contributed by atoms with Crippen molar-refractivity contribution in [3.8, 4) is 0 Å². The Kier molecular flexibility index (Phi) is 1.72. The van der Waals surface area contributed by atoms with Crippen LogP contribution in [-0.4, -0.2) is 8.91 Å². The number of hydrogen-bond donors (Lipinski definition) is 1. The molecule has 1 aromatic rings. The van der Waals surface area contributed by atoms with E-state index in [-0.39, 0.29) is 0 Å². The summed E-state index contributed by atoms with van der Waals surface area (Å²) >= 11 is 2.54. The Hall–Kier alpha value is 0.01000. The van der Waals surface area contributed by atoms with Gasteiger partial charge < -0.3 is 4.98 Å². The van der Waals surface area contributed by atoms with Gasteiger partial charge in [0.1, 0.15) is 0 Å². The van der Waals surface area contributed by atoms with Crippen molar-refractivity contribution in [1.82, 2.24) is 4.98 Å². The molecule has 1 N–H and O–H groups in total. The quantitative estimate of drug-likeness (QED) is 0.535. The Morgan fingerprint density at radius 2 is 2.50 bits per heavy atom. The molecule has 1 aliphatic carbocycles. The highest BCUT2D eigenvalue weighted by atomic mass is 127. The van der Waals surface area contributed by atoms with Gasteiger partial charge in [-0.3, -0.25) is 0 Å². The standard InChI is InChI=1S/C8H10IN/c9-7-1-2-8-6(5-7)3-4-10-8/h3-4,7,10H,1-2,5H2. The first-order valence-electron chi connectivity index (χ1n) is 3.65. The molecular weight excluding hydrogens is 237 g/mol. The van der Waals surface area contributed by atoms with E-state index in [4.69, 9.17) is 0 Å². The molecule has 0 spiro atoms. The van der Waals surface area contributed by atoms with Crippen LogP contribution in [0.4, 0.5) is 0 Å². The Morgan fingerprint density at radius 3 is 3.40 bits per heavy atom. The number of alkyl halides is 1. The van der Waals surface area contributed by atoms with Gasteiger partial charge in [0, 0.05) is 15.8 Å². The molecule has 0 bridgehead atoms. The van der Waals surface area contributed by atoms with Crippen molar-refractivity contribution in [2.24, 2.45) is 0 Å². The van der Waals surface area contributed by atoms with Crippen LogP contribution in [0.1, 0.15) is 17.7 Å². The second-order valence-corrected chi connectivity index (χ2v) is 4.58. The molecule has 0 aliphatic heterocycles. The molecule has 0 saturated carbocycles. The predicted molar refractivity (Wildman–Crippen MR) is 50.6 cm³/mol. The van der Waals surface area contributed by atoms with Gasteiger partial charge in [-0.25, -0.2) is 0 Å². The summed E-state index contributed by atoms with van der Waals surface area (Å²) in [4.78, 5) is 3.27. The third-order valence-corrected chi connectivity index (χ3v) is 3.14. The van der Waals surface area contributed by atoms with Gasteiger partial charge in [0.05, 0.1) is 0 Å². The molecule has 0 radical (unpaired) electrons. The maximum Gasteiger partial charge on any atom is 0.0180 e. The molecule has 0 fully saturated rings. The lowest BCUT2D eigenvalue weighted by atomic mass is 9.98. The van der Waals surface area contributed by atoms with Crippen molar-refractivity contribution in [3.63, 3.8) is 0 Å². The van der Waals surface area contributed by atoms with E-state index >= 15 is 0 Å². The monoisotopic (exact) mass is 247 g/mol. The summed E-state index contributed by atoms with van der Waals surface area (Å²) in [5, 5.41) is 0. The van der Waals surface area contributed by atoms with Crippen LogP contribution in [0, 0.1) is 0 Å². The topological polar surface area (TPSA) is 15.8 Å². The number of H-pyrrole nitrogens is 1. The summed E-state index contributed by atoms with van der Waals surface area (Å²) in [6.45, 7) is 0. The number of halogens is 1. The molecule has 10 heavy (non-hydrogen) atoms. The molecule has 54 valence electrons. The van der Waals surface area contributed by atoms with Crippen LogP contribution in [-0.2, 0) is 12.8 Å². The molecule has 0 saturated heterocycles. The number of hydrogen-bond acceptors (Lipinski definition) is 0. The van der Waals surface area contributed by atoms with Crippen LogP contribution in [0.15, 0.2) is 12.3 Å². The maximum absolute atomic E-state index is 3.27. The smallest absolute Gasteiger partial charge is 0.0180 e. The first-order chi connectivity index (χ1) is 4.86. The van der Waals surface area contributed by atoms with Gasteiger partial charge in [0.15, 0.2) is 0 Å². The van der Waals surface area contributed by atoms with Gasteiger partial charge >= 0.3 is 0 Å². The minimum absolute atomic E-state index is 0.862. The number of nitrogens with one attached hydrogen (secondary N) is 1. The summed E-state index contributed by atoms with van der Waals surface area (Å²) in [6, 6.07) is 2.21. The fraction of sp³-hybridized carbons (Fsp3) is 0.500. The van der Waals surface area contributed by atoms with E-state index < -0.39 is 0 Å². The SMILES string of the molecule is IC1CCc2[nH]ccc2C1. The average Bonchev–Trinajstić information content (AvgIpc) is 2.33. The van der Waals surface area contributed by atoms with E-state index in [1.807, 2.05) is 0 Å². The van der Waals surface area contributed by atoms with Gasteiger partial charge in [-0.05, 0) is 30.9 Å². The largest absolute Gasteiger partial charge is 0.365 e. The summed E-state index contributed by atoms with van der Waals surface area (Å²) in [6.07, 6.45) is 5.91. The third kappa shape index (κ3) is 1.09. The normalized spacial score (nSPS) is 24.3. The van der Waals surface area contributed by atoms with Crippen molar-refractivity contribution in [1.29, 1.82) is 0 Å². The van der Waals surface area contributed by atoms with E-state index in [2.05, 4.69) is 39.8 Å². The van der Waals surface area contributed by atoms with Gasteiger partial charge in [-0.1, -0.05) is 22.6 Å². The molecule has 2 heteroatoms. The number of fused-ring (bicyclic) bond motifs is 1. The van der Waals surface area contributed by atoms with E-state index in [0.29, 0.717) is 0 Å². The van der Waals surface area contributed by atoms with Crippen LogP contribution in [0.25, 0.3) is 0 Å². The van der Waals surface area contributed by atoms with Crippen LogP contribution in [0.5, 0.6) is 0 Å². The highest BCUT2D eigenvalue weighted by Gasteiger charge is 2.15. The highest BCUT2D eigenvalue weighted by Crippen LogP contribution is 2.24. The molecule has 1 unspecified atom stereocenters. The molecule has 0 aromatic carbocycles. The van der Waals surface area contributed by atoms with Crippen molar-refractivity contribution in [2.45, 2.75) is 23.2 Å². The van der Waals surface area contributed by atoms with Gasteiger partial charge in [-0.2, -0.15) is 0 Å². The van der Waals surface area contributed by atoms with Crippen molar-refractivity contribution < 1.29 is 0 Å². The maximum atomic E-state index is 3.27. The second-order valence-electron chi connectivity index (χ2n) is 2.82. The number of aromatic amines is 1. The van der Waals surface area contributed by atoms with Crippen molar-refractivity contribution in [2.75, 3.05) is 0 Å². The zero-order valence-corrected chi connectivity index (χ0v) is 7.89. The lowest BCUT2D eigenvalue weighted by Gasteiger charge is -2.15. The van der Waals surface area contributed by atoms with E-state index in [1.54, 1.807) is 0 Å². The fourth-order valence-electron chi connectivity index (χ4n) is 1.50. The van der Waals surface area contributed by atoms with Crippen LogP contribution in [0.3, 0.4) is 0 Å². The Bertz CT molecular complexity index is 229. The number of aryl methyl sites for hydroxylation is 1. The van der Waals surface area contributed by atoms with Crippen molar-refractivity contribution >= 4 is 22.6 Å². The first-order valence-corrected chi connectivity index (χ1v) is 4.90. The molecule has 2 rings (SSSR count). The predicted octanol–water partition coefficient (Wildman–Crippen LogP) is 2.31. The number of aromatic nitrogens is 1. The molecule has 1 heterocycles. The lowest BCUT2D eigenvalue weighted by molar-refractivity contribution is 0.712. The molecule has 0 amide bonds. The van der Waals surface area contributed by atoms with Crippen LogP contribution < -0.4 is 0 Å². The summed E-state index contributed by atoms with van der Waals surface area (Å²) in [5.74, 6) is 0. The highest BCUT2D eigenvalue weighted by molar-refractivity contribution is 14.1. The first kappa shape index (κ1) is 6.70. The van der Waals surface area contributed by atoms with Gasteiger partial charge in [0.2, 0.25) is 0 Å². The summed E-state index contributed by atoms with van der Waals surface area (Å²) < 4.78 is 0.862. The molecule has 1 atom stereocenters. The minimum Gasteiger partial charge on any atom is -0.365 e. The average molecular weight is 247 g/mol. The lowest BCUT2D eigenvalue weighted by Crippen LogP contribution is -2.11. The second kappa shape index (κ2) is 2.57. The van der Waals surface area contributed by atoms with Crippen LogP contribution >= 0.6 is 22.6 Å². The molecule has 1 aliphatic rings. The van der Waals surface area contributed by atoms with Gasteiger partial charge in [-0.15, -0.1) is 0 Å². The number of rotatable bonds is 0. The van der Waals surface area contributed by atoms with Crippen LogP contribution in [0.2, 0.25) is 0 Å². The molecular formula is C8H10IN. The Morgan fingerprint density at radius 1 is 1.60 bits per heavy atom.